The van der Waals surface area contributed by atoms with Crippen LogP contribution in [-0.4, -0.2) is 38.7 Å². The molecule has 0 spiro atoms. The lowest BCUT2D eigenvalue weighted by atomic mass is 10.6. The van der Waals surface area contributed by atoms with Crippen molar-refractivity contribution in [3.05, 3.63) is 0 Å². The molecular formula is C6H15FO2S2. The van der Waals surface area contributed by atoms with Crippen LogP contribution in [0.3, 0.4) is 0 Å². The lowest BCUT2D eigenvalue weighted by Crippen LogP contribution is -2.06. The molecule has 5 heteroatoms. The molecule has 0 heterocycles. The number of hydrogen-bond donors (Lipinski definition) is 0. The van der Waals surface area contributed by atoms with Gasteiger partial charge in [0.05, 0.1) is 5.75 Å². The van der Waals surface area contributed by atoms with Gasteiger partial charge in [0.25, 0.3) is 0 Å². The number of hydrogen-bond acceptors (Lipinski definition) is 2. The minimum Gasteiger partial charge on any atom is -0.229 e. The van der Waals surface area contributed by atoms with Crippen LogP contribution in [0.1, 0.15) is 6.42 Å². The van der Waals surface area contributed by atoms with E-state index >= 15 is 0 Å². The molecule has 0 fully saturated rings. The number of sulfone groups is 1. The lowest BCUT2D eigenvalue weighted by Gasteiger charge is -2.18. The highest BCUT2D eigenvalue weighted by Gasteiger charge is 2.10. The van der Waals surface area contributed by atoms with Gasteiger partial charge in [-0.05, 0) is 18.9 Å². The van der Waals surface area contributed by atoms with Crippen LogP contribution in [0.25, 0.3) is 0 Å². The van der Waals surface area contributed by atoms with E-state index in [1.807, 2.05) is 0 Å². The molecule has 0 saturated carbocycles. The Morgan fingerprint density at radius 2 is 1.55 bits per heavy atom. The molecule has 0 aliphatic rings. The maximum absolute atomic E-state index is 12.9. The third-order valence-corrected chi connectivity index (χ3v) is 3.43. The van der Waals surface area contributed by atoms with Crippen LogP contribution in [0, 0.1) is 0 Å². The molecule has 0 atom stereocenters. The molecule has 0 bridgehead atoms. The van der Waals surface area contributed by atoms with Crippen LogP contribution in [0.5, 0.6) is 0 Å². The van der Waals surface area contributed by atoms with Crippen LogP contribution in [-0.2, 0) is 9.84 Å². The van der Waals surface area contributed by atoms with E-state index in [0.29, 0.717) is 12.2 Å². The minimum atomic E-state index is -2.90. The van der Waals surface area contributed by atoms with E-state index in [-0.39, 0.29) is 5.75 Å². The van der Waals surface area contributed by atoms with E-state index in [1.165, 1.54) is 18.8 Å². The first-order chi connectivity index (χ1) is 4.71. The third-order valence-electron chi connectivity index (χ3n) is 1.14. The molecule has 0 aromatic carbocycles. The van der Waals surface area contributed by atoms with Crippen molar-refractivity contribution in [2.45, 2.75) is 6.42 Å². The zero-order valence-corrected chi connectivity index (χ0v) is 8.77. The van der Waals surface area contributed by atoms with Crippen LogP contribution in [0.2, 0.25) is 0 Å². The molecule has 70 valence electrons. The number of rotatable bonds is 4. The fourth-order valence-electron chi connectivity index (χ4n) is 0.664. The van der Waals surface area contributed by atoms with Gasteiger partial charge in [0.1, 0.15) is 9.84 Å². The van der Waals surface area contributed by atoms with Gasteiger partial charge >= 0.3 is 0 Å². The van der Waals surface area contributed by atoms with Crippen molar-refractivity contribution in [3.8, 4) is 0 Å². The molecule has 0 unspecified atom stereocenters. The van der Waals surface area contributed by atoms with Crippen molar-refractivity contribution < 1.29 is 12.3 Å². The largest absolute Gasteiger partial charge is 0.229 e. The van der Waals surface area contributed by atoms with Crippen LogP contribution in [0.4, 0.5) is 3.89 Å². The van der Waals surface area contributed by atoms with Gasteiger partial charge in [0.15, 0.2) is 0 Å². The zero-order chi connectivity index (χ0) is 9.12. The van der Waals surface area contributed by atoms with Crippen LogP contribution < -0.4 is 0 Å². The molecule has 0 rings (SSSR count). The highest BCUT2D eigenvalue weighted by atomic mass is 32.3. The molecule has 0 aromatic heterocycles. The summed E-state index contributed by atoms with van der Waals surface area (Å²) in [4.78, 5) is 0. The molecule has 0 radical (unpaired) electrons. The number of halogens is 1. The van der Waals surface area contributed by atoms with Crippen molar-refractivity contribution in [2.75, 3.05) is 30.3 Å². The first-order valence-corrected chi connectivity index (χ1v) is 7.87. The normalized spacial score (nSPS) is 14.9. The fraction of sp³-hybridized carbons (Fsp3) is 1.00. The Morgan fingerprint density at radius 3 is 1.82 bits per heavy atom. The first-order valence-electron chi connectivity index (χ1n) is 3.29. The highest BCUT2D eigenvalue weighted by molar-refractivity contribution is 8.28. The standard InChI is InChI=1S/C6H15FO2S2/c1-10(2,7)5-4-6-11(3,8)9/h4-6H2,1-3H3. The molecule has 0 saturated heterocycles. The van der Waals surface area contributed by atoms with Gasteiger partial charge in [-0.3, -0.25) is 0 Å². The van der Waals surface area contributed by atoms with E-state index in [9.17, 15) is 12.3 Å². The van der Waals surface area contributed by atoms with E-state index in [2.05, 4.69) is 0 Å². The van der Waals surface area contributed by atoms with Gasteiger partial charge in [0.2, 0.25) is 0 Å². The second kappa shape index (κ2) is 3.76. The predicted octanol–water partition coefficient (Wildman–Crippen LogP) is 1.37. The second-order valence-corrected chi connectivity index (χ2v) is 8.57. The Hall–Kier alpha value is 0.230. The topological polar surface area (TPSA) is 34.1 Å². The summed E-state index contributed by atoms with van der Waals surface area (Å²) in [5.41, 5.74) is 0. The Kier molecular flexibility index (Phi) is 3.84. The van der Waals surface area contributed by atoms with Gasteiger partial charge < -0.3 is 0 Å². The summed E-state index contributed by atoms with van der Waals surface area (Å²) < 4.78 is 34.1. The van der Waals surface area contributed by atoms with Crippen molar-refractivity contribution >= 4 is 20.3 Å². The summed E-state index contributed by atoms with van der Waals surface area (Å²) in [5, 5.41) is 0. The SMILES string of the molecule is CS(C)(F)CCCS(C)(=O)=O. The van der Waals surface area contributed by atoms with Gasteiger partial charge in [-0.25, -0.2) is 8.42 Å². The van der Waals surface area contributed by atoms with Crippen LogP contribution >= 0.6 is 10.4 Å². The minimum absolute atomic E-state index is 0.105. The van der Waals surface area contributed by atoms with E-state index in [0.717, 1.165) is 0 Å². The average molecular weight is 202 g/mol. The summed E-state index contributed by atoms with van der Waals surface area (Å²) in [6, 6.07) is 0. The molecule has 11 heavy (non-hydrogen) atoms. The maximum Gasteiger partial charge on any atom is 0.147 e. The Morgan fingerprint density at radius 1 is 1.09 bits per heavy atom. The molecule has 0 aromatic rings. The summed E-state index contributed by atoms with van der Waals surface area (Å²) in [6.45, 7) is 0. The summed E-state index contributed by atoms with van der Waals surface area (Å²) in [7, 11) is -4.91. The smallest absolute Gasteiger partial charge is 0.147 e. The molecule has 0 N–H and O–H groups in total. The predicted molar refractivity (Wildman–Crippen MR) is 49.7 cm³/mol. The molecule has 0 amide bonds. The molecular weight excluding hydrogens is 187 g/mol. The average Bonchev–Trinajstić information content (AvgIpc) is 1.55. The fourth-order valence-corrected chi connectivity index (χ4v) is 2.35. The third kappa shape index (κ3) is 10.2. The zero-order valence-electron chi connectivity index (χ0n) is 7.13. The lowest BCUT2D eigenvalue weighted by molar-refractivity contribution is 0.600. The summed E-state index contributed by atoms with van der Waals surface area (Å²) >= 11 is 0. The van der Waals surface area contributed by atoms with Crippen LogP contribution in [0.15, 0.2) is 0 Å². The summed E-state index contributed by atoms with van der Waals surface area (Å²) in [5.74, 6) is 0.493. The van der Waals surface area contributed by atoms with Crippen molar-refractivity contribution in [1.82, 2.24) is 0 Å². The van der Waals surface area contributed by atoms with E-state index < -0.39 is 20.3 Å². The van der Waals surface area contributed by atoms with Crippen molar-refractivity contribution in [2.24, 2.45) is 0 Å². The van der Waals surface area contributed by atoms with Gasteiger partial charge in [-0.15, -0.1) is 0 Å². The first kappa shape index (κ1) is 11.2. The quantitative estimate of drug-likeness (QED) is 0.690. The highest BCUT2D eigenvalue weighted by Crippen LogP contribution is 2.41. The van der Waals surface area contributed by atoms with Crippen molar-refractivity contribution in [1.29, 1.82) is 0 Å². The molecule has 0 aliphatic heterocycles. The Bertz CT molecular complexity index is 203. The van der Waals surface area contributed by atoms with Crippen molar-refractivity contribution in [3.63, 3.8) is 0 Å². The van der Waals surface area contributed by atoms with Gasteiger partial charge in [0, 0.05) is 12.0 Å². The van der Waals surface area contributed by atoms with E-state index in [1.54, 1.807) is 0 Å². The van der Waals surface area contributed by atoms with E-state index in [4.69, 9.17) is 0 Å². The summed E-state index contributed by atoms with van der Waals surface area (Å²) in [6.07, 6.45) is 4.69. The van der Waals surface area contributed by atoms with Gasteiger partial charge in [-0.2, -0.15) is 3.89 Å². The molecule has 2 nitrogen and oxygen atoms in total. The molecule has 0 aliphatic carbocycles. The maximum atomic E-state index is 12.9. The Balaban J connectivity index is 3.61. The van der Waals surface area contributed by atoms with Gasteiger partial charge in [-0.1, -0.05) is 10.4 Å². The second-order valence-electron chi connectivity index (χ2n) is 3.09. The monoisotopic (exact) mass is 202 g/mol. The Labute approximate surface area is 69.7 Å².